The van der Waals surface area contributed by atoms with Crippen LogP contribution in [-0.2, 0) is 21.1 Å². The van der Waals surface area contributed by atoms with Gasteiger partial charge in [-0.15, -0.1) is 0 Å². The summed E-state index contributed by atoms with van der Waals surface area (Å²) in [6.07, 6.45) is -0.821. The fourth-order valence-electron chi connectivity index (χ4n) is 2.58. The van der Waals surface area contributed by atoms with Gasteiger partial charge in [-0.05, 0) is 11.8 Å². The maximum Gasteiger partial charge on any atom is 0.245 e. The Bertz CT molecular complexity index is 793. The summed E-state index contributed by atoms with van der Waals surface area (Å²) >= 11 is 4.61. The van der Waals surface area contributed by atoms with Gasteiger partial charge in [0.25, 0.3) is 0 Å². The van der Waals surface area contributed by atoms with Crippen molar-refractivity contribution in [2.24, 2.45) is 0 Å². The van der Waals surface area contributed by atoms with Crippen LogP contribution in [0, 0.1) is 0 Å². The third kappa shape index (κ3) is 3.57. The van der Waals surface area contributed by atoms with E-state index in [-0.39, 0.29) is 12.5 Å². The second-order valence-electron chi connectivity index (χ2n) is 5.14. The van der Waals surface area contributed by atoms with E-state index >= 15 is 0 Å². The maximum atomic E-state index is 14.8. The quantitative estimate of drug-likeness (QED) is 0.516. The average molecular weight is 390 g/mol. The first-order chi connectivity index (χ1) is 12.1. The molecule has 136 valence electrons. The van der Waals surface area contributed by atoms with Gasteiger partial charge in [0.15, 0.2) is 30.7 Å². The number of aromatic nitrogens is 4. The summed E-state index contributed by atoms with van der Waals surface area (Å²) in [6.45, 7) is 3.30. The van der Waals surface area contributed by atoms with Crippen LogP contribution in [0.15, 0.2) is 25.3 Å². The Hall–Kier alpha value is -1.49. The van der Waals surface area contributed by atoms with Crippen LogP contribution in [0.4, 0.5) is 4.39 Å². The predicted octanol–water partition coefficient (Wildman–Crippen LogP) is 0.502. The summed E-state index contributed by atoms with van der Waals surface area (Å²) in [7, 11) is -2.57. The average Bonchev–Trinajstić information content (AvgIpc) is 3.15. The zero-order chi connectivity index (χ0) is 18.0. The van der Waals surface area contributed by atoms with E-state index in [4.69, 9.17) is 14.0 Å². The Labute approximate surface area is 147 Å². The highest BCUT2D eigenvalue weighted by Gasteiger charge is 2.47. The molecule has 0 radical (unpaired) electrons. The topological polar surface area (TPSA) is 112 Å². The lowest BCUT2D eigenvalue weighted by Gasteiger charge is -2.17. The van der Waals surface area contributed by atoms with Gasteiger partial charge >= 0.3 is 0 Å². The van der Waals surface area contributed by atoms with Crippen molar-refractivity contribution in [1.29, 1.82) is 0 Å². The van der Waals surface area contributed by atoms with Crippen LogP contribution in [-0.4, -0.2) is 61.1 Å². The lowest BCUT2D eigenvalue weighted by atomic mass is 10.1. The van der Waals surface area contributed by atoms with E-state index in [1.165, 1.54) is 17.2 Å². The molecule has 2 unspecified atom stereocenters. The first-order valence-corrected chi connectivity index (χ1v) is 9.76. The fraction of sp³-hybridized carbons (Fsp3) is 0.462. The van der Waals surface area contributed by atoms with Crippen LogP contribution in [0.3, 0.4) is 0 Å². The Balaban J connectivity index is 1.94. The molecule has 3 heterocycles. The molecule has 12 heteroatoms. The molecule has 0 saturated carbocycles. The Kier molecular flexibility index (Phi) is 5.72. The molecule has 1 aliphatic rings. The molecule has 1 fully saturated rings. The number of hydrogen-bond donors (Lipinski definition) is 2. The molecule has 9 nitrogen and oxygen atoms in total. The molecule has 0 spiro atoms. The highest BCUT2D eigenvalue weighted by atomic mass is 32.4. The number of aliphatic hydroxyl groups excluding tert-OH is 1. The Morgan fingerprint density at radius 2 is 2.28 bits per heavy atom. The SMILES string of the molecule is C=CCOc1ncnc2c1ncn2[C@@H]1OC(CO)[C@@H](O[PH](O)=S)[C@H]1F. The minimum absolute atomic E-state index is 0.229. The number of fused-ring (bicyclic) bond motifs is 1. The normalized spacial score (nSPS) is 27.5. The molecule has 3 rings (SSSR count). The first-order valence-electron chi connectivity index (χ1n) is 7.28. The van der Waals surface area contributed by atoms with E-state index in [2.05, 4.69) is 33.3 Å². The van der Waals surface area contributed by atoms with Gasteiger partial charge in [-0.1, -0.05) is 12.7 Å². The van der Waals surface area contributed by atoms with Gasteiger partial charge < -0.3 is 24.0 Å². The van der Waals surface area contributed by atoms with E-state index in [0.717, 1.165) is 0 Å². The van der Waals surface area contributed by atoms with Crippen LogP contribution < -0.4 is 4.74 Å². The molecule has 0 aliphatic carbocycles. The fourth-order valence-corrected chi connectivity index (χ4v) is 3.43. The standard InChI is InChI=1S/C13H16FN4O5PS/c1-2-3-21-12-9-11(15-5-16-12)18(6-17-9)13-8(14)10(23-24(20)25)7(4-19)22-13/h2,5-8,10,13,19,24H,1,3-4H2,(H,20,25)/t7?,8-,10-,13-/m1/s1. The van der Waals surface area contributed by atoms with Crippen LogP contribution in [0.5, 0.6) is 5.88 Å². The first kappa shape index (κ1) is 18.3. The van der Waals surface area contributed by atoms with Crippen molar-refractivity contribution in [2.45, 2.75) is 24.6 Å². The maximum absolute atomic E-state index is 14.8. The molecule has 25 heavy (non-hydrogen) atoms. The zero-order valence-electron chi connectivity index (χ0n) is 12.9. The smallest absolute Gasteiger partial charge is 0.245 e. The molecule has 0 aromatic carbocycles. The minimum atomic E-state index is -2.57. The van der Waals surface area contributed by atoms with Crippen LogP contribution in [0.25, 0.3) is 11.2 Å². The van der Waals surface area contributed by atoms with E-state index in [1.807, 2.05) is 0 Å². The predicted molar refractivity (Wildman–Crippen MR) is 89.7 cm³/mol. The van der Waals surface area contributed by atoms with Crippen molar-refractivity contribution in [3.8, 4) is 5.88 Å². The second kappa shape index (κ2) is 7.81. The van der Waals surface area contributed by atoms with Crippen molar-refractivity contribution in [3.05, 3.63) is 25.3 Å². The minimum Gasteiger partial charge on any atom is -0.472 e. The lowest BCUT2D eigenvalue weighted by molar-refractivity contribution is -0.0430. The Morgan fingerprint density at radius 3 is 2.96 bits per heavy atom. The number of aliphatic hydroxyl groups is 1. The van der Waals surface area contributed by atoms with Crippen LogP contribution in [0.2, 0.25) is 0 Å². The van der Waals surface area contributed by atoms with E-state index < -0.39 is 38.4 Å². The van der Waals surface area contributed by atoms with Gasteiger partial charge in [0.2, 0.25) is 5.88 Å². The van der Waals surface area contributed by atoms with Crippen LogP contribution >= 0.6 is 7.15 Å². The van der Waals surface area contributed by atoms with Crippen molar-refractivity contribution in [3.63, 3.8) is 0 Å². The van der Waals surface area contributed by atoms with Gasteiger partial charge in [0.05, 0.1) is 12.9 Å². The highest BCUT2D eigenvalue weighted by molar-refractivity contribution is 8.00. The van der Waals surface area contributed by atoms with Crippen molar-refractivity contribution >= 4 is 30.1 Å². The number of imidazole rings is 1. The lowest BCUT2D eigenvalue weighted by Crippen LogP contribution is -2.32. The third-order valence-electron chi connectivity index (χ3n) is 3.62. The zero-order valence-corrected chi connectivity index (χ0v) is 14.7. The van der Waals surface area contributed by atoms with Gasteiger partial charge in [-0.3, -0.25) is 4.57 Å². The summed E-state index contributed by atoms with van der Waals surface area (Å²) in [6, 6.07) is 0. The molecule has 2 aromatic heterocycles. The molecule has 0 bridgehead atoms. The number of nitrogens with zero attached hydrogens (tertiary/aromatic N) is 4. The second-order valence-corrected chi connectivity index (χ2v) is 6.96. The van der Waals surface area contributed by atoms with Crippen LogP contribution in [0.1, 0.15) is 6.23 Å². The van der Waals surface area contributed by atoms with E-state index in [9.17, 15) is 14.4 Å². The third-order valence-corrected chi connectivity index (χ3v) is 4.38. The molecule has 0 amide bonds. The molecule has 1 saturated heterocycles. The summed E-state index contributed by atoms with van der Waals surface area (Å²) in [4.78, 5) is 21.5. The van der Waals surface area contributed by atoms with Gasteiger partial charge in [0.1, 0.15) is 25.1 Å². The number of rotatable bonds is 7. The summed E-state index contributed by atoms with van der Waals surface area (Å²) < 4.78 is 32.1. The van der Waals surface area contributed by atoms with E-state index in [0.29, 0.717) is 11.2 Å². The molecule has 2 N–H and O–H groups in total. The number of ether oxygens (including phenoxy) is 2. The molecular formula is C13H16FN4O5PS. The summed E-state index contributed by atoms with van der Waals surface area (Å²) in [5, 5.41) is 9.38. The van der Waals surface area contributed by atoms with Crippen molar-refractivity contribution < 1.29 is 28.4 Å². The summed E-state index contributed by atoms with van der Waals surface area (Å²) in [5.41, 5.74) is 0.632. The largest absolute Gasteiger partial charge is 0.472 e. The number of halogens is 1. The van der Waals surface area contributed by atoms with Gasteiger partial charge in [-0.2, -0.15) is 4.98 Å². The molecule has 2 aromatic rings. The monoisotopic (exact) mass is 390 g/mol. The molecular weight excluding hydrogens is 374 g/mol. The summed E-state index contributed by atoms with van der Waals surface area (Å²) in [5.74, 6) is 0.231. The van der Waals surface area contributed by atoms with Gasteiger partial charge in [0, 0.05) is 0 Å². The molecule has 1 aliphatic heterocycles. The van der Waals surface area contributed by atoms with Gasteiger partial charge in [-0.25, -0.2) is 14.4 Å². The number of alkyl halides is 1. The van der Waals surface area contributed by atoms with E-state index in [1.54, 1.807) is 6.08 Å². The Morgan fingerprint density at radius 1 is 1.48 bits per heavy atom. The van der Waals surface area contributed by atoms with Crippen molar-refractivity contribution in [1.82, 2.24) is 19.5 Å². The highest BCUT2D eigenvalue weighted by Crippen LogP contribution is 2.39. The van der Waals surface area contributed by atoms with Crippen molar-refractivity contribution in [2.75, 3.05) is 13.2 Å². The molecule has 5 atom stereocenters. The number of hydrogen-bond acceptors (Lipinski definition) is 8.